The second-order valence-electron chi connectivity index (χ2n) is 6.24. The van der Waals surface area contributed by atoms with E-state index in [9.17, 15) is 0 Å². The van der Waals surface area contributed by atoms with E-state index in [4.69, 9.17) is 0 Å². The van der Waals surface area contributed by atoms with Crippen molar-refractivity contribution in [3.63, 3.8) is 0 Å². The quantitative estimate of drug-likeness (QED) is 0.773. The van der Waals surface area contributed by atoms with Crippen LogP contribution in [0.5, 0.6) is 0 Å². The smallest absolute Gasteiger partial charge is 0.0473 e. The molecule has 2 atom stereocenters. The summed E-state index contributed by atoms with van der Waals surface area (Å²) < 4.78 is 0. The number of hydrogen-bond donors (Lipinski definition) is 1. The monoisotopic (exact) mass is 274 g/mol. The SMILES string of the molecule is CCCCN(C1CC1)C(C)C(NC)c1ccc(C)cc1. The highest BCUT2D eigenvalue weighted by Gasteiger charge is 2.34. The van der Waals surface area contributed by atoms with Crippen molar-refractivity contribution in [3.8, 4) is 0 Å². The Morgan fingerprint density at radius 2 is 1.90 bits per heavy atom. The molecule has 20 heavy (non-hydrogen) atoms. The van der Waals surface area contributed by atoms with Gasteiger partial charge in [-0.3, -0.25) is 4.90 Å². The Balaban J connectivity index is 2.09. The second kappa shape index (κ2) is 7.24. The minimum atomic E-state index is 0.424. The fourth-order valence-electron chi connectivity index (χ4n) is 3.12. The Bertz CT molecular complexity index is 394. The standard InChI is InChI=1S/C18H30N2/c1-5-6-13-20(17-11-12-17)15(3)18(19-4)16-9-7-14(2)8-10-16/h7-10,15,17-19H,5-6,11-13H2,1-4H3. The van der Waals surface area contributed by atoms with Gasteiger partial charge in [0.1, 0.15) is 0 Å². The fraction of sp³-hybridized carbons (Fsp3) is 0.667. The van der Waals surface area contributed by atoms with Crippen LogP contribution in [0, 0.1) is 6.92 Å². The third-order valence-electron chi connectivity index (χ3n) is 4.54. The first-order chi connectivity index (χ1) is 9.67. The Labute approximate surface area is 124 Å². The van der Waals surface area contributed by atoms with E-state index in [-0.39, 0.29) is 0 Å². The van der Waals surface area contributed by atoms with Crippen LogP contribution in [0.2, 0.25) is 0 Å². The normalized spacial score (nSPS) is 18.2. The minimum absolute atomic E-state index is 0.424. The Morgan fingerprint density at radius 3 is 2.40 bits per heavy atom. The van der Waals surface area contributed by atoms with Crippen molar-refractivity contribution in [2.75, 3.05) is 13.6 Å². The number of unbranched alkanes of at least 4 members (excludes halogenated alkanes) is 1. The molecule has 112 valence electrons. The van der Waals surface area contributed by atoms with E-state index in [2.05, 4.69) is 62.3 Å². The summed E-state index contributed by atoms with van der Waals surface area (Å²) >= 11 is 0. The van der Waals surface area contributed by atoms with E-state index in [0.29, 0.717) is 12.1 Å². The zero-order valence-corrected chi connectivity index (χ0v) is 13.5. The lowest BCUT2D eigenvalue weighted by molar-refractivity contribution is 0.160. The van der Waals surface area contributed by atoms with Gasteiger partial charge in [-0.25, -0.2) is 0 Å². The molecule has 2 nitrogen and oxygen atoms in total. The minimum Gasteiger partial charge on any atom is -0.312 e. The lowest BCUT2D eigenvalue weighted by Gasteiger charge is -2.35. The highest BCUT2D eigenvalue weighted by Crippen LogP contribution is 2.32. The van der Waals surface area contributed by atoms with Gasteiger partial charge in [0.05, 0.1) is 0 Å². The molecule has 0 saturated heterocycles. The van der Waals surface area contributed by atoms with E-state index in [0.717, 1.165) is 6.04 Å². The number of benzene rings is 1. The van der Waals surface area contributed by atoms with Crippen LogP contribution in [0.15, 0.2) is 24.3 Å². The molecule has 2 rings (SSSR count). The summed E-state index contributed by atoms with van der Waals surface area (Å²) in [5.74, 6) is 0. The molecule has 0 aromatic heterocycles. The molecule has 0 aliphatic heterocycles. The van der Waals surface area contributed by atoms with Crippen molar-refractivity contribution in [2.45, 2.75) is 64.6 Å². The molecular formula is C18H30N2. The zero-order valence-electron chi connectivity index (χ0n) is 13.5. The molecule has 1 aromatic rings. The highest BCUT2D eigenvalue weighted by atomic mass is 15.2. The van der Waals surface area contributed by atoms with Crippen LogP contribution in [-0.4, -0.2) is 30.6 Å². The molecule has 0 bridgehead atoms. The summed E-state index contributed by atoms with van der Waals surface area (Å²) in [7, 11) is 2.09. The Hall–Kier alpha value is -0.860. The molecule has 1 fully saturated rings. The molecule has 1 aromatic carbocycles. The van der Waals surface area contributed by atoms with Gasteiger partial charge in [0, 0.05) is 18.1 Å². The Morgan fingerprint density at radius 1 is 1.25 bits per heavy atom. The summed E-state index contributed by atoms with van der Waals surface area (Å²) in [6.07, 6.45) is 5.37. The molecule has 1 saturated carbocycles. The molecular weight excluding hydrogens is 244 g/mol. The van der Waals surface area contributed by atoms with Crippen molar-refractivity contribution in [3.05, 3.63) is 35.4 Å². The first-order valence-electron chi connectivity index (χ1n) is 8.17. The molecule has 0 spiro atoms. The third kappa shape index (κ3) is 3.83. The first-order valence-corrected chi connectivity index (χ1v) is 8.17. The number of hydrogen-bond acceptors (Lipinski definition) is 2. The maximum absolute atomic E-state index is 3.54. The third-order valence-corrected chi connectivity index (χ3v) is 4.54. The van der Waals surface area contributed by atoms with Gasteiger partial charge in [-0.1, -0.05) is 43.2 Å². The van der Waals surface area contributed by atoms with E-state index in [1.807, 2.05) is 0 Å². The van der Waals surface area contributed by atoms with Gasteiger partial charge in [0.15, 0.2) is 0 Å². The van der Waals surface area contributed by atoms with Crippen molar-refractivity contribution >= 4 is 0 Å². The van der Waals surface area contributed by atoms with Gasteiger partial charge in [-0.05, 0) is 52.3 Å². The van der Waals surface area contributed by atoms with Gasteiger partial charge in [-0.15, -0.1) is 0 Å². The van der Waals surface area contributed by atoms with Gasteiger partial charge in [0.25, 0.3) is 0 Å². The predicted molar refractivity (Wildman–Crippen MR) is 87.1 cm³/mol. The number of nitrogens with zero attached hydrogens (tertiary/aromatic N) is 1. The molecule has 0 heterocycles. The lowest BCUT2D eigenvalue weighted by atomic mass is 9.98. The summed E-state index contributed by atoms with van der Waals surface area (Å²) in [5.41, 5.74) is 2.74. The average Bonchev–Trinajstić information content (AvgIpc) is 3.27. The molecule has 1 N–H and O–H groups in total. The fourth-order valence-corrected chi connectivity index (χ4v) is 3.12. The van der Waals surface area contributed by atoms with Crippen LogP contribution in [0.3, 0.4) is 0 Å². The van der Waals surface area contributed by atoms with Crippen LogP contribution >= 0.6 is 0 Å². The van der Waals surface area contributed by atoms with Crippen LogP contribution in [0.25, 0.3) is 0 Å². The highest BCUT2D eigenvalue weighted by molar-refractivity contribution is 5.25. The van der Waals surface area contributed by atoms with E-state index >= 15 is 0 Å². The van der Waals surface area contributed by atoms with Crippen LogP contribution in [-0.2, 0) is 0 Å². The number of aryl methyl sites for hydroxylation is 1. The van der Waals surface area contributed by atoms with Crippen molar-refractivity contribution in [1.29, 1.82) is 0 Å². The van der Waals surface area contributed by atoms with Gasteiger partial charge in [-0.2, -0.15) is 0 Å². The number of likely N-dealkylation sites (N-methyl/N-ethyl adjacent to an activating group) is 1. The summed E-state index contributed by atoms with van der Waals surface area (Å²) in [5, 5.41) is 3.54. The molecule has 0 amide bonds. The maximum Gasteiger partial charge on any atom is 0.0473 e. The number of rotatable bonds is 8. The summed E-state index contributed by atoms with van der Waals surface area (Å²) in [6, 6.07) is 10.8. The largest absolute Gasteiger partial charge is 0.312 e. The second-order valence-corrected chi connectivity index (χ2v) is 6.24. The van der Waals surface area contributed by atoms with E-state index in [1.165, 1.54) is 43.4 Å². The summed E-state index contributed by atoms with van der Waals surface area (Å²) in [4.78, 5) is 2.73. The first kappa shape index (κ1) is 15.5. The van der Waals surface area contributed by atoms with Gasteiger partial charge >= 0.3 is 0 Å². The Kier molecular flexibility index (Phi) is 5.62. The van der Waals surface area contributed by atoms with E-state index in [1.54, 1.807) is 0 Å². The maximum atomic E-state index is 3.54. The van der Waals surface area contributed by atoms with Crippen LogP contribution < -0.4 is 5.32 Å². The predicted octanol–water partition coefficient (Wildman–Crippen LogP) is 3.91. The van der Waals surface area contributed by atoms with Gasteiger partial charge < -0.3 is 5.32 Å². The summed E-state index contributed by atoms with van der Waals surface area (Å²) in [6.45, 7) is 8.06. The lowest BCUT2D eigenvalue weighted by Crippen LogP contribution is -2.43. The van der Waals surface area contributed by atoms with E-state index < -0.39 is 0 Å². The number of nitrogens with one attached hydrogen (secondary N) is 1. The van der Waals surface area contributed by atoms with Crippen molar-refractivity contribution in [2.24, 2.45) is 0 Å². The molecule has 2 heteroatoms. The van der Waals surface area contributed by atoms with Crippen molar-refractivity contribution < 1.29 is 0 Å². The van der Waals surface area contributed by atoms with Crippen molar-refractivity contribution in [1.82, 2.24) is 10.2 Å². The zero-order chi connectivity index (χ0) is 14.5. The average molecular weight is 274 g/mol. The molecule has 2 unspecified atom stereocenters. The molecule has 0 radical (unpaired) electrons. The van der Waals surface area contributed by atoms with Crippen LogP contribution in [0.1, 0.15) is 56.7 Å². The topological polar surface area (TPSA) is 15.3 Å². The molecule has 1 aliphatic carbocycles. The molecule has 1 aliphatic rings. The van der Waals surface area contributed by atoms with Gasteiger partial charge in [0.2, 0.25) is 0 Å². The van der Waals surface area contributed by atoms with Crippen LogP contribution in [0.4, 0.5) is 0 Å².